The minimum Gasteiger partial charge on any atom is -0.460 e. The molecule has 2 heterocycles. The zero-order valence-corrected chi connectivity index (χ0v) is 30.8. The zero-order valence-electron chi connectivity index (χ0n) is 30.8. The van der Waals surface area contributed by atoms with Crippen LogP contribution in [0.4, 0.5) is 4.79 Å². The number of amides is 3. The second-order valence-corrected chi connectivity index (χ2v) is 14.8. The van der Waals surface area contributed by atoms with Crippen LogP contribution in [0.25, 0.3) is 17.0 Å². The maximum Gasteiger partial charge on any atom is 0.408 e. The fraction of sp³-hybridized carbons (Fsp3) is 0.583. The highest BCUT2D eigenvalue weighted by molar-refractivity contribution is 5.91. The Hall–Kier alpha value is -4.59. The summed E-state index contributed by atoms with van der Waals surface area (Å²) >= 11 is 0. The van der Waals surface area contributed by atoms with Crippen LogP contribution in [0.3, 0.4) is 0 Å². The first-order valence-corrected chi connectivity index (χ1v) is 17.0. The quantitative estimate of drug-likeness (QED) is 0.222. The first kappa shape index (κ1) is 39.8. The van der Waals surface area contributed by atoms with Gasteiger partial charge in [-0.2, -0.15) is 10.2 Å². The number of alkyl carbamates (subject to hydrolysis) is 1. The molecule has 50 heavy (non-hydrogen) atoms. The summed E-state index contributed by atoms with van der Waals surface area (Å²) in [7, 11) is 0. The van der Waals surface area contributed by atoms with Crippen LogP contribution in [0.15, 0.2) is 30.3 Å². The molecular formula is C36H52N6O8. The molecule has 14 nitrogen and oxygen atoms in total. The SMILES string of the molecule is CC(NC(=O)C(NC(=O)OC(C)(C)C)C(C)C)C(=O)N1CCCC(C(=O)O[C@H](C)c2cc3cc(/C=C/CC(=O)OC(C)(C)C)ccc3nn2)N1. The third-order valence-electron chi connectivity index (χ3n) is 7.44. The number of rotatable bonds is 11. The fourth-order valence-electron chi connectivity index (χ4n) is 5.06. The molecule has 0 aliphatic carbocycles. The van der Waals surface area contributed by atoms with Crippen LogP contribution in [0.5, 0.6) is 0 Å². The number of benzene rings is 1. The average molecular weight is 697 g/mol. The summed E-state index contributed by atoms with van der Waals surface area (Å²) in [5, 5.41) is 15.9. The fourth-order valence-corrected chi connectivity index (χ4v) is 5.06. The lowest BCUT2D eigenvalue weighted by Gasteiger charge is -2.35. The molecule has 4 atom stereocenters. The molecule has 0 saturated carbocycles. The smallest absolute Gasteiger partial charge is 0.408 e. The summed E-state index contributed by atoms with van der Waals surface area (Å²) in [6, 6.07) is 4.70. The van der Waals surface area contributed by atoms with Crippen molar-refractivity contribution in [3.63, 3.8) is 0 Å². The van der Waals surface area contributed by atoms with E-state index in [4.69, 9.17) is 14.2 Å². The van der Waals surface area contributed by atoms with Crippen LogP contribution in [-0.4, -0.2) is 80.9 Å². The lowest BCUT2D eigenvalue weighted by molar-refractivity contribution is -0.157. The van der Waals surface area contributed by atoms with Crippen molar-refractivity contribution in [2.45, 2.75) is 124 Å². The molecule has 1 aliphatic rings. The number of hydrazine groups is 1. The molecule has 1 fully saturated rings. The number of ether oxygens (including phenoxy) is 3. The number of hydrogen-bond acceptors (Lipinski definition) is 11. The Kier molecular flexibility index (Phi) is 13.5. The Bertz CT molecular complexity index is 1580. The Morgan fingerprint density at radius 1 is 0.960 bits per heavy atom. The van der Waals surface area contributed by atoms with Gasteiger partial charge in [-0.15, -0.1) is 0 Å². The van der Waals surface area contributed by atoms with Crippen molar-refractivity contribution in [1.82, 2.24) is 31.3 Å². The average Bonchev–Trinajstić information content (AvgIpc) is 3.01. The van der Waals surface area contributed by atoms with Crippen LogP contribution in [0.2, 0.25) is 0 Å². The molecule has 0 bridgehead atoms. The molecule has 2 aromatic rings. The molecular weight excluding hydrogens is 644 g/mol. The number of esters is 2. The summed E-state index contributed by atoms with van der Waals surface area (Å²) in [4.78, 5) is 63.9. The number of fused-ring (bicyclic) bond motifs is 1. The third kappa shape index (κ3) is 12.4. The molecule has 14 heteroatoms. The molecule has 0 spiro atoms. The van der Waals surface area contributed by atoms with E-state index in [2.05, 4.69) is 26.3 Å². The van der Waals surface area contributed by atoms with Gasteiger partial charge in [0.1, 0.15) is 41.1 Å². The number of carbonyl (C=O) groups excluding carboxylic acids is 5. The van der Waals surface area contributed by atoms with Crippen LogP contribution >= 0.6 is 0 Å². The number of nitrogens with one attached hydrogen (secondary N) is 3. The maximum atomic E-state index is 13.3. The summed E-state index contributed by atoms with van der Waals surface area (Å²) in [5.74, 6) is -2.13. The second-order valence-electron chi connectivity index (χ2n) is 14.8. The predicted octanol–water partition coefficient (Wildman–Crippen LogP) is 4.53. The van der Waals surface area contributed by atoms with E-state index in [1.807, 2.05) is 45.0 Å². The van der Waals surface area contributed by atoms with Gasteiger partial charge >= 0.3 is 18.0 Å². The number of hydrogen-bond donors (Lipinski definition) is 3. The highest BCUT2D eigenvalue weighted by atomic mass is 16.6. The van der Waals surface area contributed by atoms with E-state index < -0.39 is 59.3 Å². The van der Waals surface area contributed by atoms with Gasteiger partial charge in [0.15, 0.2) is 0 Å². The van der Waals surface area contributed by atoms with Crippen molar-refractivity contribution < 1.29 is 38.2 Å². The van der Waals surface area contributed by atoms with Crippen LogP contribution in [-0.2, 0) is 33.4 Å². The van der Waals surface area contributed by atoms with E-state index in [1.54, 1.807) is 53.7 Å². The molecule has 0 radical (unpaired) electrons. The Balaban J connectivity index is 1.59. The second kappa shape index (κ2) is 16.9. The third-order valence-corrected chi connectivity index (χ3v) is 7.44. The number of nitrogens with zero attached hydrogens (tertiary/aromatic N) is 3. The van der Waals surface area contributed by atoms with Crippen LogP contribution in [0, 0.1) is 5.92 Å². The summed E-state index contributed by atoms with van der Waals surface area (Å²) in [5.41, 5.74) is 3.61. The predicted molar refractivity (Wildman–Crippen MR) is 187 cm³/mol. The summed E-state index contributed by atoms with van der Waals surface area (Å²) < 4.78 is 16.4. The van der Waals surface area contributed by atoms with Crippen molar-refractivity contribution in [2.75, 3.05) is 6.54 Å². The largest absolute Gasteiger partial charge is 0.460 e. The van der Waals surface area contributed by atoms with Crippen LogP contribution in [0.1, 0.15) is 106 Å². The van der Waals surface area contributed by atoms with Gasteiger partial charge in [-0.1, -0.05) is 32.1 Å². The molecule has 1 aliphatic heterocycles. The van der Waals surface area contributed by atoms with Gasteiger partial charge in [-0.25, -0.2) is 10.2 Å². The van der Waals surface area contributed by atoms with Gasteiger partial charge in [0, 0.05) is 11.9 Å². The minimum atomic E-state index is -0.949. The standard InChI is InChI=1S/C36H52N6O8/c1-21(2)30(38-34(47)50-36(8,9)10)31(44)37-22(3)32(45)42-18-12-14-27(41-42)33(46)48-23(4)28-20-25-19-24(16-17-26(25)39-40-28)13-11-15-29(43)49-35(5,6)7/h11,13,16-17,19-23,27,30,41H,12,14-15,18H2,1-10H3,(H,37,44)(H,38,47)/b13-11+/t22?,23-,27?,30?/m1/s1. The molecule has 3 N–H and O–H groups in total. The number of aromatic nitrogens is 2. The topological polar surface area (TPSA) is 178 Å². The molecule has 3 amide bonds. The highest BCUT2D eigenvalue weighted by Crippen LogP contribution is 2.22. The molecule has 274 valence electrons. The van der Waals surface area contributed by atoms with Crippen LogP contribution < -0.4 is 16.1 Å². The normalized spacial score (nSPS) is 17.2. The lowest BCUT2D eigenvalue weighted by atomic mass is 10.0. The van der Waals surface area contributed by atoms with Gasteiger partial charge < -0.3 is 24.8 Å². The molecule has 1 saturated heterocycles. The first-order chi connectivity index (χ1) is 23.2. The molecule has 1 aromatic heterocycles. The van der Waals surface area contributed by atoms with Crippen molar-refractivity contribution in [1.29, 1.82) is 0 Å². The molecule has 3 rings (SSSR count). The summed E-state index contributed by atoms with van der Waals surface area (Å²) in [6.07, 6.45) is 3.20. The van der Waals surface area contributed by atoms with Crippen molar-refractivity contribution >= 4 is 46.8 Å². The summed E-state index contributed by atoms with van der Waals surface area (Å²) in [6.45, 7) is 17.7. The zero-order chi connectivity index (χ0) is 37.4. The number of carbonyl (C=O) groups is 5. The molecule has 3 unspecified atom stereocenters. The molecule has 1 aromatic carbocycles. The Labute approximate surface area is 294 Å². The van der Waals surface area contributed by atoms with Crippen molar-refractivity contribution in [3.05, 3.63) is 41.6 Å². The van der Waals surface area contributed by atoms with E-state index in [9.17, 15) is 24.0 Å². The van der Waals surface area contributed by atoms with Gasteiger partial charge in [0.25, 0.3) is 5.91 Å². The van der Waals surface area contributed by atoms with E-state index >= 15 is 0 Å². The lowest BCUT2D eigenvalue weighted by Crippen LogP contribution is -2.61. The van der Waals surface area contributed by atoms with Crippen molar-refractivity contribution in [3.8, 4) is 0 Å². The van der Waals surface area contributed by atoms with Gasteiger partial charge in [-0.05, 0) is 97.9 Å². The van der Waals surface area contributed by atoms with Crippen molar-refractivity contribution in [2.24, 2.45) is 5.92 Å². The maximum absolute atomic E-state index is 13.3. The van der Waals surface area contributed by atoms with E-state index in [0.717, 1.165) is 10.9 Å². The minimum absolute atomic E-state index is 0.139. The van der Waals surface area contributed by atoms with E-state index in [1.165, 1.54) is 11.9 Å². The Morgan fingerprint density at radius 2 is 1.64 bits per heavy atom. The monoisotopic (exact) mass is 696 g/mol. The Morgan fingerprint density at radius 3 is 2.28 bits per heavy atom. The first-order valence-electron chi connectivity index (χ1n) is 17.0. The van der Waals surface area contributed by atoms with Gasteiger partial charge in [-0.3, -0.25) is 24.2 Å². The van der Waals surface area contributed by atoms with Gasteiger partial charge in [0.05, 0.1) is 11.9 Å². The van der Waals surface area contributed by atoms with Gasteiger partial charge in [0.2, 0.25) is 5.91 Å². The van der Waals surface area contributed by atoms with E-state index in [-0.39, 0.29) is 18.3 Å². The highest BCUT2D eigenvalue weighted by Gasteiger charge is 2.34. The van der Waals surface area contributed by atoms with E-state index in [0.29, 0.717) is 30.6 Å².